The summed E-state index contributed by atoms with van der Waals surface area (Å²) < 4.78 is 5.43. The topological polar surface area (TPSA) is 92.1 Å². The number of pyridine rings is 1. The van der Waals surface area contributed by atoms with Crippen molar-refractivity contribution in [2.24, 2.45) is 0 Å². The van der Waals surface area contributed by atoms with Gasteiger partial charge in [0.05, 0.1) is 17.3 Å². The van der Waals surface area contributed by atoms with Crippen LogP contribution < -0.4 is 5.32 Å². The number of nitrogens with zero attached hydrogens (tertiary/aromatic N) is 2. The van der Waals surface area contributed by atoms with Crippen LogP contribution in [-0.4, -0.2) is 29.5 Å². The number of aromatic nitrogens is 1. The summed E-state index contributed by atoms with van der Waals surface area (Å²) in [4.78, 5) is 29.1. The van der Waals surface area contributed by atoms with Crippen LogP contribution in [0.25, 0.3) is 0 Å². The summed E-state index contributed by atoms with van der Waals surface area (Å²) in [5.41, 5.74) is 1.03. The minimum atomic E-state index is -0.667. The van der Waals surface area contributed by atoms with Crippen LogP contribution in [-0.2, 0) is 4.74 Å². The van der Waals surface area contributed by atoms with Gasteiger partial charge in [-0.3, -0.25) is 4.79 Å². The molecule has 27 heavy (non-hydrogen) atoms. The molecule has 1 aromatic heterocycles. The lowest BCUT2D eigenvalue weighted by atomic mass is 9.91. The molecule has 1 amide bonds. The predicted octanol–water partition coefficient (Wildman–Crippen LogP) is 3.44. The second kappa shape index (κ2) is 8.45. The summed E-state index contributed by atoms with van der Waals surface area (Å²) in [7, 11) is 1.49. The molecule has 0 aliphatic carbocycles. The van der Waals surface area contributed by atoms with Crippen LogP contribution in [0.5, 0.6) is 0 Å². The Morgan fingerprint density at radius 3 is 2.44 bits per heavy atom. The van der Waals surface area contributed by atoms with Gasteiger partial charge in [-0.2, -0.15) is 5.26 Å². The molecule has 2 aromatic rings. The number of benzene rings is 1. The van der Waals surface area contributed by atoms with E-state index in [0.717, 1.165) is 5.56 Å². The van der Waals surface area contributed by atoms with Crippen LogP contribution in [0.4, 0.5) is 0 Å². The Balaban J connectivity index is 2.56. The molecular formula is C21H23N3O3. The van der Waals surface area contributed by atoms with E-state index in [1.54, 1.807) is 26.8 Å². The van der Waals surface area contributed by atoms with Gasteiger partial charge < -0.3 is 10.1 Å². The van der Waals surface area contributed by atoms with Crippen LogP contribution >= 0.6 is 0 Å². The lowest BCUT2D eigenvalue weighted by Gasteiger charge is -2.21. The van der Waals surface area contributed by atoms with Gasteiger partial charge >= 0.3 is 5.97 Å². The third-order valence-electron chi connectivity index (χ3n) is 3.79. The van der Waals surface area contributed by atoms with E-state index in [2.05, 4.69) is 16.4 Å². The molecule has 1 atom stereocenters. The van der Waals surface area contributed by atoms with Gasteiger partial charge in [0.25, 0.3) is 5.91 Å². The third kappa shape index (κ3) is 5.38. The Labute approximate surface area is 159 Å². The van der Waals surface area contributed by atoms with Crippen molar-refractivity contribution in [3.8, 4) is 6.07 Å². The van der Waals surface area contributed by atoms with Crippen molar-refractivity contribution >= 4 is 11.9 Å². The lowest BCUT2D eigenvalue weighted by Crippen LogP contribution is -2.25. The van der Waals surface area contributed by atoms with Crippen molar-refractivity contribution in [2.45, 2.75) is 38.7 Å². The molecule has 1 unspecified atom stereocenters. The fourth-order valence-electron chi connectivity index (χ4n) is 2.60. The van der Waals surface area contributed by atoms with Gasteiger partial charge in [0.1, 0.15) is 11.3 Å². The largest absolute Gasteiger partial charge is 0.456 e. The van der Waals surface area contributed by atoms with Crippen molar-refractivity contribution < 1.29 is 14.3 Å². The van der Waals surface area contributed by atoms with Crippen LogP contribution in [0.1, 0.15) is 65.2 Å². The highest BCUT2D eigenvalue weighted by Crippen LogP contribution is 2.28. The zero-order valence-corrected chi connectivity index (χ0v) is 15.9. The molecule has 0 fully saturated rings. The average molecular weight is 365 g/mol. The maximum absolute atomic E-state index is 12.5. The number of amides is 1. The highest BCUT2D eigenvalue weighted by molar-refractivity contribution is 5.96. The summed E-state index contributed by atoms with van der Waals surface area (Å²) in [6, 6.07) is 14.6. The summed E-state index contributed by atoms with van der Waals surface area (Å²) in [6.45, 7) is 5.32. The SMILES string of the molecule is CNC(=O)c1cc(C(=O)OC(C)(C)C)cc(C(CC#N)c2ccccc2)n1. The molecule has 0 radical (unpaired) electrons. The highest BCUT2D eigenvalue weighted by atomic mass is 16.6. The third-order valence-corrected chi connectivity index (χ3v) is 3.79. The van der Waals surface area contributed by atoms with Gasteiger partial charge in [-0.05, 0) is 38.5 Å². The molecule has 0 bridgehead atoms. The first-order chi connectivity index (χ1) is 12.7. The van der Waals surface area contributed by atoms with E-state index >= 15 is 0 Å². The summed E-state index contributed by atoms with van der Waals surface area (Å²) in [5.74, 6) is -1.31. The smallest absolute Gasteiger partial charge is 0.338 e. The fraction of sp³-hybridized carbons (Fsp3) is 0.333. The van der Waals surface area contributed by atoms with Crippen molar-refractivity contribution in [1.82, 2.24) is 10.3 Å². The Hall–Kier alpha value is -3.20. The van der Waals surface area contributed by atoms with Crippen molar-refractivity contribution in [3.63, 3.8) is 0 Å². The van der Waals surface area contributed by atoms with Crippen LogP contribution in [0.3, 0.4) is 0 Å². The van der Waals surface area contributed by atoms with E-state index in [9.17, 15) is 14.9 Å². The van der Waals surface area contributed by atoms with Crippen molar-refractivity contribution in [3.05, 3.63) is 65.0 Å². The molecule has 6 heteroatoms. The number of carbonyl (C=O) groups excluding carboxylic acids is 2. The Morgan fingerprint density at radius 2 is 1.89 bits per heavy atom. The van der Waals surface area contributed by atoms with Gasteiger partial charge in [-0.1, -0.05) is 30.3 Å². The molecule has 0 saturated carbocycles. The Bertz CT molecular complexity index is 864. The maximum Gasteiger partial charge on any atom is 0.338 e. The number of nitrogens with one attached hydrogen (secondary N) is 1. The van der Waals surface area contributed by atoms with E-state index in [4.69, 9.17) is 4.74 Å². The van der Waals surface area contributed by atoms with Gasteiger partial charge in [0, 0.05) is 19.4 Å². The van der Waals surface area contributed by atoms with Gasteiger partial charge in [-0.15, -0.1) is 0 Å². The van der Waals surface area contributed by atoms with E-state index in [1.165, 1.54) is 13.1 Å². The Kier molecular flexibility index (Phi) is 6.30. The number of rotatable bonds is 5. The maximum atomic E-state index is 12.5. The second-order valence-corrected chi connectivity index (χ2v) is 7.07. The van der Waals surface area contributed by atoms with Crippen LogP contribution in [0.2, 0.25) is 0 Å². The molecule has 1 N–H and O–H groups in total. The Morgan fingerprint density at radius 1 is 1.22 bits per heavy atom. The minimum absolute atomic E-state index is 0.106. The molecule has 0 aliphatic heterocycles. The predicted molar refractivity (Wildman–Crippen MR) is 101 cm³/mol. The van der Waals surface area contributed by atoms with E-state index in [-0.39, 0.29) is 23.6 Å². The summed E-state index contributed by atoms with van der Waals surface area (Å²) in [6.07, 6.45) is 0.169. The van der Waals surface area contributed by atoms with Crippen LogP contribution in [0.15, 0.2) is 42.5 Å². The summed E-state index contributed by atoms with van der Waals surface area (Å²) >= 11 is 0. The van der Waals surface area contributed by atoms with Crippen molar-refractivity contribution in [1.29, 1.82) is 5.26 Å². The normalized spacial score (nSPS) is 12.0. The summed E-state index contributed by atoms with van der Waals surface area (Å²) in [5, 5.41) is 11.8. The monoisotopic (exact) mass is 365 g/mol. The molecule has 2 rings (SSSR count). The standard InChI is InChI=1S/C21H23N3O3/c1-21(2,3)27-20(26)15-12-17(24-18(13-15)19(25)23-4)16(10-11-22)14-8-6-5-7-9-14/h5-9,12-13,16H,10H2,1-4H3,(H,23,25). The zero-order chi connectivity index (χ0) is 20.0. The number of carbonyl (C=O) groups is 2. The molecule has 0 aliphatic rings. The number of nitriles is 1. The van der Waals surface area contributed by atoms with E-state index < -0.39 is 17.5 Å². The minimum Gasteiger partial charge on any atom is -0.456 e. The highest BCUT2D eigenvalue weighted by Gasteiger charge is 2.23. The number of hydrogen-bond donors (Lipinski definition) is 1. The van der Waals surface area contributed by atoms with Crippen molar-refractivity contribution in [2.75, 3.05) is 7.05 Å². The van der Waals surface area contributed by atoms with Gasteiger partial charge in [-0.25, -0.2) is 9.78 Å². The zero-order valence-electron chi connectivity index (χ0n) is 15.9. The molecule has 0 spiro atoms. The lowest BCUT2D eigenvalue weighted by molar-refractivity contribution is 0.00692. The molecule has 6 nitrogen and oxygen atoms in total. The average Bonchev–Trinajstić information content (AvgIpc) is 2.64. The first kappa shape index (κ1) is 20.1. The molecule has 0 saturated heterocycles. The molecule has 1 aromatic carbocycles. The first-order valence-electron chi connectivity index (χ1n) is 8.64. The van der Waals surface area contributed by atoms with Gasteiger partial charge in [0.15, 0.2) is 0 Å². The first-order valence-corrected chi connectivity index (χ1v) is 8.64. The second-order valence-electron chi connectivity index (χ2n) is 7.07. The molecule has 140 valence electrons. The number of ether oxygens (including phenoxy) is 1. The number of esters is 1. The fourth-order valence-corrected chi connectivity index (χ4v) is 2.60. The number of hydrogen-bond acceptors (Lipinski definition) is 5. The van der Waals surface area contributed by atoms with Gasteiger partial charge in [0.2, 0.25) is 0 Å². The van der Waals surface area contributed by atoms with Crippen LogP contribution in [0, 0.1) is 11.3 Å². The quantitative estimate of drug-likeness (QED) is 0.820. The molecule has 1 heterocycles. The van der Waals surface area contributed by atoms with E-state index in [0.29, 0.717) is 5.69 Å². The molecular weight excluding hydrogens is 342 g/mol. The van der Waals surface area contributed by atoms with E-state index in [1.807, 2.05) is 30.3 Å².